The summed E-state index contributed by atoms with van der Waals surface area (Å²) < 4.78 is 0. The van der Waals surface area contributed by atoms with Gasteiger partial charge in [0.25, 0.3) is 0 Å². The molecule has 2 nitrogen and oxygen atoms in total. The summed E-state index contributed by atoms with van der Waals surface area (Å²) in [5, 5.41) is 1.76. The van der Waals surface area contributed by atoms with Crippen LogP contribution in [0.15, 0.2) is 29.3 Å². The van der Waals surface area contributed by atoms with E-state index in [9.17, 15) is 0 Å². The highest BCUT2D eigenvalue weighted by molar-refractivity contribution is 8.14. The number of benzene rings is 1. The van der Waals surface area contributed by atoms with Crippen LogP contribution in [0.3, 0.4) is 0 Å². The van der Waals surface area contributed by atoms with E-state index in [0.717, 1.165) is 23.2 Å². The van der Waals surface area contributed by atoms with Gasteiger partial charge in [-0.15, -0.1) is 0 Å². The number of thioether (sulfide) groups is 1. The molecule has 0 aromatic heterocycles. The minimum absolute atomic E-state index is 0.709. The molecule has 0 spiro atoms. The zero-order valence-corrected chi connectivity index (χ0v) is 9.48. The Hall–Kier alpha value is -0.670. The van der Waals surface area contributed by atoms with Crippen molar-refractivity contribution in [3.63, 3.8) is 0 Å². The molecule has 0 amide bonds. The summed E-state index contributed by atoms with van der Waals surface area (Å²) >= 11 is 7.79. The van der Waals surface area contributed by atoms with Gasteiger partial charge in [0.1, 0.15) is 0 Å². The molecule has 4 heteroatoms. The first-order valence-electron chi connectivity index (χ1n) is 4.44. The van der Waals surface area contributed by atoms with Gasteiger partial charge < -0.3 is 4.90 Å². The Morgan fingerprint density at radius 1 is 1.43 bits per heavy atom. The van der Waals surface area contributed by atoms with Crippen LogP contribution < -0.4 is 0 Å². The van der Waals surface area contributed by atoms with Crippen molar-refractivity contribution in [2.75, 3.05) is 19.3 Å². The van der Waals surface area contributed by atoms with Crippen molar-refractivity contribution in [1.82, 2.24) is 4.90 Å². The maximum atomic E-state index is 6.02. The molecular formula is C10H11ClN2S. The number of rotatable bonds is 1. The van der Waals surface area contributed by atoms with Crippen molar-refractivity contribution >= 4 is 34.2 Å². The molecule has 1 saturated heterocycles. The first-order chi connectivity index (χ1) is 6.77. The van der Waals surface area contributed by atoms with E-state index in [1.165, 1.54) is 0 Å². The lowest BCUT2D eigenvalue weighted by Gasteiger charge is -2.09. The van der Waals surface area contributed by atoms with Crippen LogP contribution in [0, 0.1) is 0 Å². The molecule has 1 heterocycles. The summed E-state index contributed by atoms with van der Waals surface area (Å²) in [5.74, 6) is 1.11. The van der Waals surface area contributed by atoms with Crippen molar-refractivity contribution in [3.8, 4) is 0 Å². The van der Waals surface area contributed by atoms with E-state index in [1.54, 1.807) is 11.8 Å². The SMILES string of the molecule is CN1CCS/C1=N/c1ccccc1Cl. The Balaban J connectivity index is 2.29. The predicted octanol–water partition coefficient (Wildman–Crippen LogP) is 3.01. The Kier molecular flexibility index (Phi) is 2.99. The highest BCUT2D eigenvalue weighted by atomic mass is 35.5. The average molecular weight is 227 g/mol. The molecule has 1 aromatic carbocycles. The highest BCUT2D eigenvalue weighted by Crippen LogP contribution is 2.27. The van der Waals surface area contributed by atoms with Crippen LogP contribution in [0.4, 0.5) is 5.69 Å². The van der Waals surface area contributed by atoms with E-state index < -0.39 is 0 Å². The summed E-state index contributed by atoms with van der Waals surface area (Å²) in [6, 6.07) is 7.66. The van der Waals surface area contributed by atoms with Crippen LogP contribution in [0.1, 0.15) is 0 Å². The lowest BCUT2D eigenvalue weighted by molar-refractivity contribution is 0.563. The first kappa shape index (κ1) is 9.87. The quantitative estimate of drug-likeness (QED) is 0.732. The zero-order chi connectivity index (χ0) is 9.97. The van der Waals surface area contributed by atoms with E-state index in [1.807, 2.05) is 24.3 Å². The standard InChI is InChI=1S/C10H11ClN2S/c1-13-6-7-14-10(13)12-9-5-3-2-4-8(9)11/h2-5H,6-7H2,1H3/b12-10+. The first-order valence-corrected chi connectivity index (χ1v) is 5.81. The van der Waals surface area contributed by atoms with Gasteiger partial charge in [-0.3, -0.25) is 0 Å². The lowest BCUT2D eigenvalue weighted by Crippen LogP contribution is -2.17. The molecule has 1 aromatic rings. The van der Waals surface area contributed by atoms with Crippen LogP contribution in [-0.4, -0.2) is 29.4 Å². The van der Waals surface area contributed by atoms with Gasteiger partial charge in [-0.2, -0.15) is 0 Å². The van der Waals surface area contributed by atoms with Crippen molar-refractivity contribution in [3.05, 3.63) is 29.3 Å². The van der Waals surface area contributed by atoms with E-state index in [0.29, 0.717) is 5.02 Å². The number of nitrogens with zero attached hydrogens (tertiary/aromatic N) is 2. The van der Waals surface area contributed by atoms with Gasteiger partial charge >= 0.3 is 0 Å². The van der Waals surface area contributed by atoms with Crippen molar-refractivity contribution in [2.24, 2.45) is 4.99 Å². The number of hydrogen-bond acceptors (Lipinski definition) is 2. The van der Waals surface area contributed by atoms with Crippen LogP contribution in [-0.2, 0) is 0 Å². The summed E-state index contributed by atoms with van der Waals surface area (Å²) in [4.78, 5) is 6.66. The van der Waals surface area contributed by atoms with Gasteiger partial charge in [0.2, 0.25) is 0 Å². The fraction of sp³-hybridized carbons (Fsp3) is 0.300. The smallest absolute Gasteiger partial charge is 0.164 e. The third-order valence-corrected chi connectivity index (χ3v) is 3.42. The van der Waals surface area contributed by atoms with Crippen molar-refractivity contribution in [2.45, 2.75) is 0 Å². The van der Waals surface area contributed by atoms with Crippen LogP contribution in [0.25, 0.3) is 0 Å². The topological polar surface area (TPSA) is 15.6 Å². The van der Waals surface area contributed by atoms with Crippen molar-refractivity contribution < 1.29 is 0 Å². The van der Waals surface area contributed by atoms with Gasteiger partial charge in [-0.25, -0.2) is 4.99 Å². The Morgan fingerprint density at radius 3 is 2.86 bits per heavy atom. The molecule has 0 aliphatic carbocycles. The molecule has 1 fully saturated rings. The molecule has 0 bridgehead atoms. The number of amidine groups is 1. The maximum Gasteiger partial charge on any atom is 0.164 e. The predicted molar refractivity (Wildman–Crippen MR) is 63.6 cm³/mol. The van der Waals surface area contributed by atoms with Gasteiger partial charge in [0.05, 0.1) is 10.7 Å². The molecular weight excluding hydrogens is 216 g/mol. The van der Waals surface area contributed by atoms with Crippen LogP contribution in [0.2, 0.25) is 5.02 Å². The summed E-state index contributed by atoms with van der Waals surface area (Å²) in [6.07, 6.45) is 0. The Bertz CT molecular complexity index is 365. The second-order valence-electron chi connectivity index (χ2n) is 3.12. The third kappa shape index (κ3) is 2.04. The minimum atomic E-state index is 0.709. The van der Waals surface area contributed by atoms with Crippen LogP contribution >= 0.6 is 23.4 Å². The molecule has 1 aliphatic rings. The monoisotopic (exact) mass is 226 g/mol. The molecule has 0 saturated carbocycles. The van der Waals surface area contributed by atoms with Gasteiger partial charge in [-0.1, -0.05) is 35.5 Å². The lowest BCUT2D eigenvalue weighted by atomic mass is 10.3. The average Bonchev–Trinajstić information content (AvgIpc) is 2.56. The van der Waals surface area contributed by atoms with Gasteiger partial charge in [-0.05, 0) is 12.1 Å². The summed E-state index contributed by atoms with van der Waals surface area (Å²) in [7, 11) is 2.05. The second kappa shape index (κ2) is 4.24. The molecule has 74 valence electrons. The maximum absolute atomic E-state index is 6.02. The van der Waals surface area contributed by atoms with Crippen molar-refractivity contribution in [1.29, 1.82) is 0 Å². The molecule has 2 rings (SSSR count). The Morgan fingerprint density at radius 2 is 2.21 bits per heavy atom. The van der Waals surface area contributed by atoms with Gasteiger partial charge in [0.15, 0.2) is 5.17 Å². The second-order valence-corrected chi connectivity index (χ2v) is 4.59. The number of halogens is 1. The highest BCUT2D eigenvalue weighted by Gasteiger charge is 2.15. The fourth-order valence-corrected chi connectivity index (χ4v) is 2.44. The molecule has 14 heavy (non-hydrogen) atoms. The van der Waals surface area contributed by atoms with Crippen LogP contribution in [0.5, 0.6) is 0 Å². The Labute approximate surface area is 93.0 Å². The molecule has 0 atom stereocenters. The minimum Gasteiger partial charge on any atom is -0.353 e. The number of para-hydroxylation sites is 1. The molecule has 0 radical (unpaired) electrons. The molecule has 0 N–H and O–H groups in total. The van der Waals surface area contributed by atoms with E-state index in [2.05, 4.69) is 16.9 Å². The molecule has 0 unspecified atom stereocenters. The van der Waals surface area contributed by atoms with E-state index in [-0.39, 0.29) is 0 Å². The summed E-state index contributed by atoms with van der Waals surface area (Å²) in [6.45, 7) is 1.06. The van der Waals surface area contributed by atoms with Gasteiger partial charge in [0, 0.05) is 19.3 Å². The molecule has 1 aliphatic heterocycles. The normalized spacial score (nSPS) is 19.3. The largest absolute Gasteiger partial charge is 0.353 e. The van der Waals surface area contributed by atoms with E-state index >= 15 is 0 Å². The summed E-state index contributed by atoms with van der Waals surface area (Å²) in [5.41, 5.74) is 0.852. The van der Waals surface area contributed by atoms with E-state index in [4.69, 9.17) is 11.6 Å². The fourth-order valence-electron chi connectivity index (χ4n) is 1.24. The zero-order valence-electron chi connectivity index (χ0n) is 7.90. The number of aliphatic imine (C=N–C) groups is 1. The number of hydrogen-bond donors (Lipinski definition) is 0. The third-order valence-electron chi connectivity index (χ3n) is 2.05.